The molecule has 0 bridgehead atoms. The van der Waals surface area contributed by atoms with Crippen LogP contribution in [0.15, 0.2) is 73.1 Å². The van der Waals surface area contributed by atoms with E-state index in [1.807, 2.05) is 43.3 Å². The molecule has 4 rings (SSSR count). The molecule has 33 heavy (non-hydrogen) atoms. The molecule has 0 radical (unpaired) electrons. The fraction of sp³-hybridized carbons (Fsp3) is 0.296. The van der Waals surface area contributed by atoms with E-state index >= 15 is 0 Å². The molecule has 1 unspecified atom stereocenters. The number of carbonyl (C=O) groups is 2. The van der Waals surface area contributed by atoms with Gasteiger partial charge in [-0.2, -0.15) is 0 Å². The first-order chi connectivity index (χ1) is 16.0. The second-order valence-corrected chi connectivity index (χ2v) is 8.42. The van der Waals surface area contributed by atoms with E-state index in [1.54, 1.807) is 29.4 Å². The minimum atomic E-state index is -0.983. The van der Waals surface area contributed by atoms with Gasteiger partial charge in [-0.05, 0) is 66.3 Å². The van der Waals surface area contributed by atoms with Crippen molar-refractivity contribution in [1.82, 2.24) is 15.2 Å². The van der Waals surface area contributed by atoms with Crippen molar-refractivity contribution in [2.75, 3.05) is 13.1 Å². The molecule has 1 atom stereocenters. The van der Waals surface area contributed by atoms with Crippen LogP contribution in [0, 0.1) is 5.82 Å². The number of carbonyl (C=O) groups excluding carboxylic acids is 2. The average Bonchev–Trinajstić information content (AvgIpc) is 3.25. The molecule has 1 aliphatic rings. The predicted molar refractivity (Wildman–Crippen MR) is 126 cm³/mol. The summed E-state index contributed by atoms with van der Waals surface area (Å²) in [5.41, 5.74) is 2.66. The summed E-state index contributed by atoms with van der Waals surface area (Å²) in [4.78, 5) is 32.7. The van der Waals surface area contributed by atoms with Gasteiger partial charge >= 0.3 is 0 Å². The highest BCUT2D eigenvalue weighted by atomic mass is 19.1. The number of hydrogen-bond acceptors (Lipinski definition) is 3. The highest BCUT2D eigenvalue weighted by molar-refractivity contribution is 5.93. The van der Waals surface area contributed by atoms with Gasteiger partial charge in [0.05, 0.1) is 6.42 Å². The Hall–Kier alpha value is -3.54. The smallest absolute Gasteiger partial charge is 0.246 e. The third-order valence-electron chi connectivity index (χ3n) is 6.29. The van der Waals surface area contributed by atoms with E-state index in [1.165, 1.54) is 12.1 Å². The van der Waals surface area contributed by atoms with Crippen LogP contribution in [0.3, 0.4) is 0 Å². The van der Waals surface area contributed by atoms with Crippen molar-refractivity contribution in [3.63, 3.8) is 0 Å². The quantitative estimate of drug-likeness (QED) is 0.594. The largest absolute Gasteiger partial charge is 0.354 e. The maximum absolute atomic E-state index is 13.7. The van der Waals surface area contributed by atoms with Crippen LogP contribution in [0.5, 0.6) is 0 Å². The van der Waals surface area contributed by atoms with E-state index in [2.05, 4.69) is 10.3 Å². The molecule has 3 aromatic rings. The van der Waals surface area contributed by atoms with Gasteiger partial charge in [0.25, 0.3) is 0 Å². The lowest BCUT2D eigenvalue weighted by Crippen LogP contribution is -2.59. The lowest BCUT2D eigenvalue weighted by atomic mass is 9.84. The summed E-state index contributed by atoms with van der Waals surface area (Å²) in [6.07, 6.45) is 5.28. The van der Waals surface area contributed by atoms with Crippen LogP contribution in [0.2, 0.25) is 0 Å². The molecule has 0 aliphatic carbocycles. The second-order valence-electron chi connectivity index (χ2n) is 8.42. The maximum Gasteiger partial charge on any atom is 0.246 e. The molecular formula is C27H28FN3O2. The topological polar surface area (TPSA) is 62.3 Å². The molecule has 1 aliphatic heterocycles. The Kier molecular flexibility index (Phi) is 6.82. The maximum atomic E-state index is 13.7. The number of halogens is 1. The Morgan fingerprint density at radius 3 is 2.64 bits per heavy atom. The highest BCUT2D eigenvalue weighted by Crippen LogP contribution is 2.36. The van der Waals surface area contributed by atoms with Gasteiger partial charge < -0.3 is 10.2 Å². The van der Waals surface area contributed by atoms with Gasteiger partial charge in [-0.15, -0.1) is 0 Å². The number of likely N-dealkylation sites (N-methyl/N-ethyl adjacent to an activating group) is 1. The van der Waals surface area contributed by atoms with Gasteiger partial charge in [-0.3, -0.25) is 14.6 Å². The standard InChI is InChI=1S/C27H28FN3O2/c1-2-30-26(33)27(19-22-8-3-4-10-24(22)21-11-14-29-15-12-21)13-6-16-31(27)25(32)18-20-7-5-9-23(28)17-20/h3-5,7-12,14-15,17H,2,6,13,16,18-19H2,1H3,(H,30,33). The molecule has 0 saturated carbocycles. The molecular weight excluding hydrogens is 417 g/mol. The summed E-state index contributed by atoms with van der Waals surface area (Å²) < 4.78 is 13.7. The zero-order valence-corrected chi connectivity index (χ0v) is 18.8. The van der Waals surface area contributed by atoms with Gasteiger partial charge in [0.2, 0.25) is 11.8 Å². The lowest BCUT2D eigenvalue weighted by Gasteiger charge is -2.38. The first-order valence-electron chi connectivity index (χ1n) is 11.3. The fourth-order valence-electron chi connectivity index (χ4n) is 4.79. The van der Waals surface area contributed by atoms with Crippen molar-refractivity contribution < 1.29 is 14.0 Å². The SMILES string of the molecule is CCNC(=O)C1(Cc2ccccc2-c2ccncc2)CCCN1C(=O)Cc1cccc(F)c1. The van der Waals surface area contributed by atoms with Crippen LogP contribution in [0.4, 0.5) is 4.39 Å². The third kappa shape index (κ3) is 4.80. The molecule has 170 valence electrons. The molecule has 2 amide bonds. The minimum absolute atomic E-state index is 0.0604. The van der Waals surface area contributed by atoms with Crippen molar-refractivity contribution in [3.05, 3.63) is 90.0 Å². The van der Waals surface area contributed by atoms with E-state index in [0.29, 0.717) is 31.5 Å². The van der Waals surface area contributed by atoms with Gasteiger partial charge in [-0.25, -0.2) is 4.39 Å². The number of likely N-dealkylation sites (tertiary alicyclic amines) is 1. The Labute approximate surface area is 193 Å². The van der Waals surface area contributed by atoms with Gasteiger partial charge in [0.1, 0.15) is 11.4 Å². The predicted octanol–water partition coefficient (Wildman–Crippen LogP) is 4.17. The van der Waals surface area contributed by atoms with E-state index in [4.69, 9.17) is 0 Å². The third-order valence-corrected chi connectivity index (χ3v) is 6.29. The normalized spacial score (nSPS) is 17.7. The summed E-state index contributed by atoms with van der Waals surface area (Å²) in [7, 11) is 0. The molecule has 1 saturated heterocycles. The second kappa shape index (κ2) is 9.94. The van der Waals surface area contributed by atoms with Crippen molar-refractivity contribution >= 4 is 11.8 Å². The number of pyridine rings is 1. The monoisotopic (exact) mass is 445 g/mol. The summed E-state index contributed by atoms with van der Waals surface area (Å²) >= 11 is 0. The summed E-state index contributed by atoms with van der Waals surface area (Å²) in [6, 6.07) is 17.9. The summed E-state index contributed by atoms with van der Waals surface area (Å²) in [6.45, 7) is 2.87. The Balaban J connectivity index is 1.70. The molecule has 1 N–H and O–H groups in total. The fourth-order valence-corrected chi connectivity index (χ4v) is 4.79. The number of rotatable bonds is 7. The van der Waals surface area contributed by atoms with Crippen molar-refractivity contribution in [2.24, 2.45) is 0 Å². The van der Waals surface area contributed by atoms with Crippen LogP contribution >= 0.6 is 0 Å². The molecule has 2 aromatic carbocycles. The number of nitrogens with zero attached hydrogens (tertiary/aromatic N) is 2. The van der Waals surface area contributed by atoms with Crippen LogP contribution in [0.1, 0.15) is 30.9 Å². The van der Waals surface area contributed by atoms with E-state index in [9.17, 15) is 14.0 Å². The zero-order valence-electron chi connectivity index (χ0n) is 18.8. The summed E-state index contributed by atoms with van der Waals surface area (Å²) in [5.74, 6) is -0.673. The molecule has 1 fully saturated rings. The Morgan fingerprint density at radius 2 is 1.88 bits per heavy atom. The van der Waals surface area contributed by atoms with Crippen LogP contribution < -0.4 is 5.32 Å². The number of benzene rings is 2. The molecule has 5 nitrogen and oxygen atoms in total. The average molecular weight is 446 g/mol. The molecule has 2 heterocycles. The zero-order chi connectivity index (χ0) is 23.3. The highest BCUT2D eigenvalue weighted by Gasteiger charge is 2.49. The van der Waals surface area contributed by atoms with Gasteiger partial charge in [-0.1, -0.05) is 36.4 Å². The number of amides is 2. The minimum Gasteiger partial charge on any atom is -0.354 e. The summed E-state index contributed by atoms with van der Waals surface area (Å²) in [5, 5.41) is 2.96. The number of hydrogen-bond donors (Lipinski definition) is 1. The first kappa shape index (κ1) is 22.6. The molecule has 0 spiro atoms. The van der Waals surface area contributed by atoms with Gasteiger partial charge in [0.15, 0.2) is 0 Å². The van der Waals surface area contributed by atoms with Crippen molar-refractivity contribution in [1.29, 1.82) is 0 Å². The lowest BCUT2D eigenvalue weighted by molar-refractivity contribution is -0.144. The van der Waals surface area contributed by atoms with Crippen LogP contribution in [-0.2, 0) is 22.4 Å². The van der Waals surface area contributed by atoms with Crippen LogP contribution in [0.25, 0.3) is 11.1 Å². The Bertz CT molecular complexity index is 1130. The Morgan fingerprint density at radius 1 is 1.09 bits per heavy atom. The van der Waals surface area contributed by atoms with E-state index in [-0.39, 0.29) is 24.1 Å². The molecule has 1 aromatic heterocycles. The van der Waals surface area contributed by atoms with E-state index < -0.39 is 5.54 Å². The number of aromatic nitrogens is 1. The number of nitrogens with one attached hydrogen (secondary N) is 1. The van der Waals surface area contributed by atoms with Crippen molar-refractivity contribution in [3.8, 4) is 11.1 Å². The molecule has 6 heteroatoms. The first-order valence-corrected chi connectivity index (χ1v) is 11.3. The van der Waals surface area contributed by atoms with Crippen LogP contribution in [-0.4, -0.2) is 40.3 Å². The van der Waals surface area contributed by atoms with E-state index in [0.717, 1.165) is 23.1 Å². The van der Waals surface area contributed by atoms with Gasteiger partial charge in [0, 0.05) is 31.9 Å². The van der Waals surface area contributed by atoms with Crippen molar-refractivity contribution in [2.45, 2.75) is 38.1 Å².